The number of hydrogen-bond donors (Lipinski definition) is 0. The van der Waals surface area contributed by atoms with E-state index >= 15 is 0 Å². The average molecular weight is 244 g/mol. The van der Waals surface area contributed by atoms with Gasteiger partial charge in [0.25, 0.3) is 0 Å². The van der Waals surface area contributed by atoms with Crippen molar-refractivity contribution in [3.63, 3.8) is 0 Å². The number of benzene rings is 1. The van der Waals surface area contributed by atoms with Gasteiger partial charge in [0.2, 0.25) is 0 Å². The molecule has 0 aliphatic heterocycles. The zero-order valence-electron chi connectivity index (χ0n) is 7.02. The van der Waals surface area contributed by atoms with Crippen molar-refractivity contribution in [2.24, 2.45) is 0 Å². The minimum atomic E-state index is -2.47. The van der Waals surface area contributed by atoms with Crippen molar-refractivity contribution in [3.05, 3.63) is 30.3 Å². The third-order valence-corrected chi connectivity index (χ3v) is 1.24. The van der Waals surface area contributed by atoms with Gasteiger partial charge in [0.05, 0.1) is 0 Å². The zero-order valence-corrected chi connectivity index (χ0v) is 11.8. The summed E-state index contributed by atoms with van der Waals surface area (Å²) in [5.74, 6) is 0.329. The predicted octanol–water partition coefficient (Wildman–Crippen LogP) is -2.02. The summed E-state index contributed by atoms with van der Waals surface area (Å²) in [7, 11) is 0. The van der Waals surface area contributed by atoms with Gasteiger partial charge in [0.1, 0.15) is 17.1 Å². The maximum absolute atomic E-state index is 9.95. The van der Waals surface area contributed by atoms with Crippen LogP contribution in [0.3, 0.4) is 0 Å². The summed E-state index contributed by atoms with van der Waals surface area (Å²) in [5.41, 5.74) is 0. The smallest absolute Gasteiger partial charge is 1.00 e. The number of hydrogen-bond acceptors (Lipinski definition) is 3. The Bertz CT molecular complexity index is 231. The molecule has 0 saturated heterocycles. The van der Waals surface area contributed by atoms with Gasteiger partial charge in [-0.15, -0.1) is 0 Å². The van der Waals surface area contributed by atoms with Crippen molar-refractivity contribution >= 4 is 11.4 Å². The summed E-state index contributed by atoms with van der Waals surface area (Å²) >= 11 is -2.47. The van der Waals surface area contributed by atoms with Gasteiger partial charge in [-0.2, -0.15) is 0 Å². The quantitative estimate of drug-likeness (QED) is 0.564. The Hall–Kier alpha value is 0.935. The monoisotopic (exact) mass is 243 g/mol. The van der Waals surface area contributed by atoms with Crippen molar-refractivity contribution in [1.82, 2.24) is 0 Å². The molecule has 3 nitrogen and oxygen atoms in total. The normalized spacial score (nSPS) is 11.4. The zero-order chi connectivity index (χ0) is 7.40. The van der Waals surface area contributed by atoms with E-state index in [9.17, 15) is 8.76 Å². The molecule has 0 amide bonds. The molecule has 0 heterocycles. The topological polar surface area (TPSA) is 49.4 Å². The van der Waals surface area contributed by atoms with E-state index in [4.69, 9.17) is 0 Å². The molecular formula is C6H6O3RbS-. The van der Waals surface area contributed by atoms with Gasteiger partial charge >= 0.3 is 58.2 Å². The summed E-state index contributed by atoms with van der Waals surface area (Å²) in [6, 6.07) is 8.30. The van der Waals surface area contributed by atoms with Crippen molar-refractivity contribution in [2.75, 3.05) is 0 Å². The van der Waals surface area contributed by atoms with E-state index in [1.807, 2.05) is 0 Å². The molecule has 1 aromatic carbocycles. The van der Waals surface area contributed by atoms with Crippen LogP contribution >= 0.6 is 0 Å². The molecule has 0 aromatic heterocycles. The van der Waals surface area contributed by atoms with Crippen molar-refractivity contribution in [3.8, 4) is 5.75 Å². The number of para-hydroxylation sites is 1. The maximum Gasteiger partial charge on any atom is 1.00 e. The fraction of sp³-hybridized carbons (Fsp3) is 0. The van der Waals surface area contributed by atoms with Gasteiger partial charge in [-0.05, 0) is 12.1 Å². The largest absolute Gasteiger partial charge is 1.00 e. The molecule has 0 aliphatic rings. The van der Waals surface area contributed by atoms with Crippen molar-refractivity contribution in [1.29, 1.82) is 0 Å². The summed E-state index contributed by atoms with van der Waals surface area (Å²) in [4.78, 5) is 0. The first-order valence-electron chi connectivity index (χ1n) is 2.61. The Kier molecular flexibility index (Phi) is 7.00. The van der Waals surface area contributed by atoms with Crippen molar-refractivity contribution < 1.29 is 72.6 Å². The molecular weight excluding hydrogens is 238 g/mol. The molecule has 5 heteroatoms. The molecule has 0 saturated carbocycles. The van der Waals surface area contributed by atoms with E-state index in [1.165, 1.54) is 0 Å². The molecule has 0 bridgehead atoms. The predicted molar refractivity (Wildman–Crippen MR) is 37.1 cm³/mol. The molecule has 1 unspecified atom stereocenters. The first-order chi connectivity index (χ1) is 4.79. The minimum Gasteiger partial charge on any atom is -1.00 e. The van der Waals surface area contributed by atoms with Crippen LogP contribution in [0, 0.1) is 0 Å². The second kappa shape index (κ2) is 6.45. The molecule has 0 aliphatic carbocycles. The molecule has 0 N–H and O–H groups in total. The maximum atomic E-state index is 9.95. The first-order valence-corrected chi connectivity index (χ1v) is 3.61. The standard InChI is InChI=1S/C6H6O3S.Rb.H/c7-10(8)9-6-4-2-1-3-5-6;;/h1-5H,(H,7,8);;/q;+1;-1/p-1. The third-order valence-electron chi connectivity index (χ3n) is 0.907. The van der Waals surface area contributed by atoms with E-state index in [1.54, 1.807) is 30.3 Å². The van der Waals surface area contributed by atoms with E-state index in [2.05, 4.69) is 4.18 Å². The molecule has 1 aromatic rings. The van der Waals surface area contributed by atoms with Crippen molar-refractivity contribution in [2.45, 2.75) is 0 Å². The second-order valence-corrected chi connectivity index (χ2v) is 2.18. The van der Waals surface area contributed by atoms with Crippen LogP contribution < -0.4 is 62.4 Å². The average Bonchev–Trinajstić information content (AvgIpc) is 1.88. The summed E-state index contributed by atoms with van der Waals surface area (Å²) < 4.78 is 24.2. The van der Waals surface area contributed by atoms with Crippen LogP contribution in [0.5, 0.6) is 5.75 Å². The van der Waals surface area contributed by atoms with Gasteiger partial charge < -0.3 is 10.2 Å². The van der Waals surface area contributed by atoms with Crippen LogP contribution in [-0.4, -0.2) is 8.76 Å². The van der Waals surface area contributed by atoms with Gasteiger partial charge in [-0.3, -0.25) is 0 Å². The van der Waals surface area contributed by atoms with Crippen LogP contribution in [0.15, 0.2) is 30.3 Å². The van der Waals surface area contributed by atoms with E-state index in [-0.39, 0.29) is 59.6 Å². The molecule has 56 valence electrons. The van der Waals surface area contributed by atoms with E-state index in [0.717, 1.165) is 0 Å². The molecule has 11 heavy (non-hydrogen) atoms. The molecule has 1 rings (SSSR count). The Morgan fingerprint density at radius 3 is 2.36 bits per heavy atom. The minimum absolute atomic E-state index is 0. The Labute approximate surface area is 118 Å². The van der Waals surface area contributed by atoms with E-state index in [0.29, 0.717) is 5.75 Å². The molecule has 0 spiro atoms. The third kappa shape index (κ3) is 5.22. The molecule has 1 atom stereocenters. The van der Waals surface area contributed by atoms with Gasteiger partial charge in [0, 0.05) is 0 Å². The fourth-order valence-electron chi connectivity index (χ4n) is 0.555. The SMILES string of the molecule is O=S([O-])Oc1ccccc1.[H-].[Rb+]. The Morgan fingerprint density at radius 1 is 1.36 bits per heavy atom. The summed E-state index contributed by atoms with van der Waals surface area (Å²) in [5, 5.41) is 0. The van der Waals surface area contributed by atoms with Crippen LogP contribution in [0.2, 0.25) is 0 Å². The van der Waals surface area contributed by atoms with Crippen LogP contribution in [0.25, 0.3) is 0 Å². The summed E-state index contributed by atoms with van der Waals surface area (Å²) in [6.07, 6.45) is 0. The molecule has 0 fully saturated rings. The fourth-order valence-corrected chi connectivity index (χ4v) is 0.823. The van der Waals surface area contributed by atoms with Crippen LogP contribution in [0.4, 0.5) is 0 Å². The van der Waals surface area contributed by atoms with Crippen LogP contribution in [-0.2, 0) is 11.4 Å². The van der Waals surface area contributed by atoms with Gasteiger partial charge in [-0.1, -0.05) is 18.2 Å². The van der Waals surface area contributed by atoms with E-state index < -0.39 is 11.4 Å². The van der Waals surface area contributed by atoms with Gasteiger partial charge in [-0.25, -0.2) is 4.21 Å². The molecule has 0 radical (unpaired) electrons. The Morgan fingerprint density at radius 2 is 1.91 bits per heavy atom. The van der Waals surface area contributed by atoms with Gasteiger partial charge in [0.15, 0.2) is 0 Å². The van der Waals surface area contributed by atoms with Crippen LogP contribution in [0.1, 0.15) is 1.43 Å². The Balaban J connectivity index is 0. The summed E-state index contributed by atoms with van der Waals surface area (Å²) in [6.45, 7) is 0. The second-order valence-electron chi connectivity index (χ2n) is 1.60. The number of rotatable bonds is 2. The first kappa shape index (κ1) is 11.9.